The van der Waals surface area contributed by atoms with E-state index in [1.807, 2.05) is 0 Å². The summed E-state index contributed by atoms with van der Waals surface area (Å²) in [6, 6.07) is 10.6. The Bertz CT molecular complexity index is 1060. The van der Waals surface area contributed by atoms with Gasteiger partial charge in [0, 0.05) is 17.4 Å². The van der Waals surface area contributed by atoms with Crippen LogP contribution in [0.5, 0.6) is 11.5 Å². The number of nitrogens with one attached hydrogen (secondary N) is 1. The van der Waals surface area contributed by atoms with Gasteiger partial charge in [-0.05, 0) is 42.1 Å². The van der Waals surface area contributed by atoms with Crippen LogP contribution in [0.15, 0.2) is 47.4 Å². The quantitative estimate of drug-likeness (QED) is 0.331. The molecule has 0 unspecified atom stereocenters. The lowest BCUT2D eigenvalue weighted by Crippen LogP contribution is -2.44. The van der Waals surface area contributed by atoms with Crippen LogP contribution in [0.4, 0.5) is 5.69 Å². The Balaban J connectivity index is 1.87. The molecule has 0 spiro atoms. The summed E-state index contributed by atoms with van der Waals surface area (Å²) in [6.45, 7) is 0. The van der Waals surface area contributed by atoms with E-state index in [4.69, 9.17) is 17.0 Å². The SMILES string of the molecule is COc1cc(/C=C2/SC(=S)N(NC(=O)c3ccccc3)C2=O)cc([N+](=O)[O-])c1[O-]. The number of carbonyl (C=O) groups is 2. The predicted molar refractivity (Wildman–Crippen MR) is 108 cm³/mol. The first-order valence-corrected chi connectivity index (χ1v) is 9.21. The monoisotopic (exact) mass is 430 g/mol. The van der Waals surface area contributed by atoms with Crippen molar-refractivity contribution in [2.24, 2.45) is 0 Å². The first-order valence-electron chi connectivity index (χ1n) is 7.99. The fourth-order valence-electron chi connectivity index (χ4n) is 2.45. The molecule has 1 aliphatic heterocycles. The molecule has 1 N–H and O–H groups in total. The zero-order valence-corrected chi connectivity index (χ0v) is 16.4. The lowest BCUT2D eigenvalue weighted by atomic mass is 10.1. The summed E-state index contributed by atoms with van der Waals surface area (Å²) >= 11 is 6.06. The zero-order valence-electron chi connectivity index (χ0n) is 14.8. The molecule has 3 rings (SSSR count). The van der Waals surface area contributed by atoms with Gasteiger partial charge >= 0.3 is 0 Å². The fourth-order valence-corrected chi connectivity index (χ4v) is 3.63. The second-order valence-corrected chi connectivity index (χ2v) is 7.33. The van der Waals surface area contributed by atoms with Crippen LogP contribution >= 0.6 is 24.0 Å². The molecule has 11 heteroatoms. The summed E-state index contributed by atoms with van der Waals surface area (Å²) in [7, 11) is 1.21. The molecule has 9 nitrogen and oxygen atoms in total. The molecule has 0 saturated carbocycles. The van der Waals surface area contributed by atoms with E-state index in [2.05, 4.69) is 5.43 Å². The van der Waals surface area contributed by atoms with Crippen LogP contribution in [0.2, 0.25) is 0 Å². The minimum Gasteiger partial charge on any atom is -0.865 e. The number of hydrogen-bond acceptors (Lipinski definition) is 8. The molecule has 148 valence electrons. The highest BCUT2D eigenvalue weighted by atomic mass is 32.2. The van der Waals surface area contributed by atoms with Gasteiger partial charge in [-0.15, -0.1) is 0 Å². The number of hydrogen-bond donors (Lipinski definition) is 1. The van der Waals surface area contributed by atoms with Crippen LogP contribution in [0, 0.1) is 10.1 Å². The van der Waals surface area contributed by atoms with Gasteiger partial charge in [-0.2, -0.15) is 5.01 Å². The van der Waals surface area contributed by atoms with Crippen molar-refractivity contribution in [3.63, 3.8) is 0 Å². The summed E-state index contributed by atoms with van der Waals surface area (Å²) in [4.78, 5) is 35.3. The molecule has 0 radical (unpaired) electrons. The molecule has 2 aromatic rings. The van der Waals surface area contributed by atoms with Gasteiger partial charge in [-0.1, -0.05) is 30.0 Å². The number of amides is 2. The Kier molecular flexibility index (Phi) is 5.80. The van der Waals surface area contributed by atoms with Crippen molar-refractivity contribution >= 4 is 51.9 Å². The van der Waals surface area contributed by atoms with E-state index >= 15 is 0 Å². The molecule has 0 aliphatic carbocycles. The number of nitrogens with zero attached hydrogens (tertiary/aromatic N) is 2. The molecule has 1 heterocycles. The number of ether oxygens (including phenoxy) is 1. The molecule has 0 bridgehead atoms. The number of benzene rings is 2. The van der Waals surface area contributed by atoms with E-state index in [0.717, 1.165) is 22.8 Å². The molecule has 1 aliphatic rings. The number of hydrazine groups is 1. The van der Waals surface area contributed by atoms with Gasteiger partial charge in [0.15, 0.2) is 4.32 Å². The van der Waals surface area contributed by atoms with E-state index in [1.165, 1.54) is 19.3 Å². The lowest BCUT2D eigenvalue weighted by Gasteiger charge is -2.15. The summed E-state index contributed by atoms with van der Waals surface area (Å²) in [5.74, 6) is -2.20. The number of rotatable bonds is 5. The Labute approximate surface area is 174 Å². The Morgan fingerprint density at radius 1 is 1.31 bits per heavy atom. The number of thiocarbonyl (C=S) groups is 1. The third-order valence-electron chi connectivity index (χ3n) is 3.81. The van der Waals surface area contributed by atoms with Crippen LogP contribution in [0.1, 0.15) is 15.9 Å². The first-order chi connectivity index (χ1) is 13.8. The van der Waals surface area contributed by atoms with Crippen molar-refractivity contribution in [1.82, 2.24) is 10.4 Å². The normalized spacial score (nSPS) is 14.9. The molecule has 2 aromatic carbocycles. The Morgan fingerprint density at radius 3 is 2.62 bits per heavy atom. The average molecular weight is 430 g/mol. The molecule has 0 aromatic heterocycles. The van der Waals surface area contributed by atoms with E-state index in [-0.39, 0.29) is 20.5 Å². The number of methoxy groups -OCH3 is 1. The number of nitro benzene ring substituents is 1. The highest BCUT2D eigenvalue weighted by molar-refractivity contribution is 8.26. The van der Waals surface area contributed by atoms with Gasteiger partial charge in [-0.3, -0.25) is 25.1 Å². The van der Waals surface area contributed by atoms with Gasteiger partial charge in [0.2, 0.25) is 0 Å². The number of carbonyl (C=O) groups excluding carboxylic acids is 2. The summed E-state index contributed by atoms with van der Waals surface area (Å²) in [5, 5.41) is 23.9. The minimum atomic E-state index is -0.864. The smallest absolute Gasteiger partial charge is 0.285 e. The van der Waals surface area contributed by atoms with Crippen LogP contribution in [0.25, 0.3) is 6.08 Å². The standard InChI is InChI=1S/C18H13N3O6S2/c1-27-13-8-10(7-12(15(13)22)21(25)26)9-14-17(24)20(18(28)29-14)19-16(23)11-5-3-2-4-6-11/h2-9,22H,1H3,(H,19,23)/p-1/b14-9+. The van der Waals surface area contributed by atoms with Gasteiger partial charge in [-0.25, -0.2) is 0 Å². The summed E-state index contributed by atoms with van der Waals surface area (Å²) < 4.78 is 4.97. The Hall–Kier alpha value is -3.44. The average Bonchev–Trinajstić information content (AvgIpc) is 2.96. The van der Waals surface area contributed by atoms with Gasteiger partial charge in [0.05, 0.1) is 16.9 Å². The highest BCUT2D eigenvalue weighted by Crippen LogP contribution is 2.37. The molecule has 29 heavy (non-hydrogen) atoms. The predicted octanol–water partition coefficient (Wildman–Crippen LogP) is 2.22. The van der Waals surface area contributed by atoms with Gasteiger partial charge in [0.25, 0.3) is 17.5 Å². The van der Waals surface area contributed by atoms with Crippen molar-refractivity contribution in [3.8, 4) is 11.5 Å². The van der Waals surface area contributed by atoms with Crippen molar-refractivity contribution in [3.05, 3.63) is 68.6 Å². The summed E-state index contributed by atoms with van der Waals surface area (Å²) in [5.41, 5.74) is 2.31. The van der Waals surface area contributed by atoms with Crippen LogP contribution in [0.3, 0.4) is 0 Å². The topological polar surface area (TPSA) is 125 Å². The van der Waals surface area contributed by atoms with Gasteiger partial charge < -0.3 is 9.84 Å². The minimum absolute atomic E-state index is 0.0902. The van der Waals surface area contributed by atoms with Crippen LogP contribution < -0.4 is 15.3 Å². The highest BCUT2D eigenvalue weighted by Gasteiger charge is 2.34. The maximum Gasteiger partial charge on any atom is 0.285 e. The third kappa shape index (κ3) is 4.20. The molecule has 0 atom stereocenters. The molecular formula is C18H12N3O6S2-. The second kappa shape index (κ2) is 8.29. The fraction of sp³-hybridized carbons (Fsp3) is 0.0556. The van der Waals surface area contributed by atoms with Crippen LogP contribution in [-0.2, 0) is 4.79 Å². The van der Waals surface area contributed by atoms with E-state index in [1.54, 1.807) is 30.3 Å². The Morgan fingerprint density at radius 2 is 2.00 bits per heavy atom. The molecule has 2 amide bonds. The number of nitro groups is 1. The van der Waals surface area contributed by atoms with Crippen LogP contribution in [-0.4, -0.2) is 33.2 Å². The third-order valence-corrected chi connectivity index (χ3v) is 5.12. The maximum absolute atomic E-state index is 12.6. The summed E-state index contributed by atoms with van der Waals surface area (Å²) in [6.07, 6.45) is 1.34. The number of thioether (sulfide) groups is 1. The second-order valence-electron chi connectivity index (χ2n) is 5.65. The molecule has 1 fully saturated rings. The molecule has 1 saturated heterocycles. The van der Waals surface area contributed by atoms with Gasteiger partial charge in [0.1, 0.15) is 5.75 Å². The maximum atomic E-state index is 12.6. The van der Waals surface area contributed by atoms with Crippen molar-refractivity contribution < 1.29 is 24.4 Å². The first kappa shape index (κ1) is 20.3. The van der Waals surface area contributed by atoms with E-state index < -0.39 is 28.2 Å². The van der Waals surface area contributed by atoms with Crippen molar-refractivity contribution in [1.29, 1.82) is 0 Å². The van der Waals surface area contributed by atoms with E-state index in [0.29, 0.717) is 5.56 Å². The zero-order chi connectivity index (χ0) is 21.1. The van der Waals surface area contributed by atoms with Crippen molar-refractivity contribution in [2.75, 3.05) is 7.11 Å². The van der Waals surface area contributed by atoms with E-state index in [9.17, 15) is 24.8 Å². The largest absolute Gasteiger partial charge is 0.865 e. The lowest BCUT2D eigenvalue weighted by molar-refractivity contribution is -0.398. The van der Waals surface area contributed by atoms with Crippen molar-refractivity contribution in [2.45, 2.75) is 0 Å². The molecular weight excluding hydrogens is 418 g/mol.